The highest BCUT2D eigenvalue weighted by Gasteiger charge is 2.11. The van der Waals surface area contributed by atoms with E-state index in [0.717, 1.165) is 11.1 Å². The fourth-order valence-corrected chi connectivity index (χ4v) is 1.89. The number of hydrogen-bond acceptors (Lipinski definition) is 3. The lowest BCUT2D eigenvalue weighted by Crippen LogP contribution is -2.05. The van der Waals surface area contributed by atoms with Crippen molar-refractivity contribution in [1.29, 1.82) is 0 Å². The molecule has 0 saturated carbocycles. The van der Waals surface area contributed by atoms with Gasteiger partial charge in [-0.2, -0.15) is 0 Å². The molecule has 2 aromatic carbocycles. The van der Waals surface area contributed by atoms with Crippen LogP contribution in [0, 0.1) is 5.82 Å². The molecule has 0 amide bonds. The summed E-state index contributed by atoms with van der Waals surface area (Å²) in [6.07, 6.45) is 0. The quantitative estimate of drug-likeness (QED) is 0.676. The second-order valence-corrected chi connectivity index (χ2v) is 4.33. The van der Waals surface area contributed by atoms with Gasteiger partial charge in [0.15, 0.2) is 0 Å². The maximum atomic E-state index is 13.1. The molecule has 0 heterocycles. The van der Waals surface area contributed by atoms with Gasteiger partial charge in [0, 0.05) is 5.69 Å². The van der Waals surface area contributed by atoms with Gasteiger partial charge in [-0.15, -0.1) is 0 Å². The molecule has 2 aromatic rings. The molecule has 98 valence electrons. The standard InChI is InChI=1S/C14H11ClFNO2/c1-19-14(18)10-4-2-9(7-13(10)17)8-3-5-12(16)11(15)6-8/h2-7H,17H2,1H3. The van der Waals surface area contributed by atoms with Crippen molar-refractivity contribution in [2.24, 2.45) is 0 Å². The largest absolute Gasteiger partial charge is 0.465 e. The third-order valence-electron chi connectivity index (χ3n) is 2.71. The molecule has 0 spiro atoms. The molecular formula is C14H11ClFNO2. The first-order chi connectivity index (χ1) is 9.02. The van der Waals surface area contributed by atoms with Crippen LogP contribution in [0.2, 0.25) is 5.02 Å². The van der Waals surface area contributed by atoms with E-state index in [1.165, 1.54) is 19.2 Å². The fourth-order valence-electron chi connectivity index (χ4n) is 1.71. The predicted molar refractivity (Wildman–Crippen MR) is 72.6 cm³/mol. The normalized spacial score (nSPS) is 10.3. The number of nitrogen functional groups attached to an aromatic ring is 1. The number of methoxy groups -OCH3 is 1. The molecule has 0 aliphatic rings. The van der Waals surface area contributed by atoms with Crippen LogP contribution in [-0.2, 0) is 4.74 Å². The van der Waals surface area contributed by atoms with Crippen LogP contribution in [0.4, 0.5) is 10.1 Å². The average molecular weight is 280 g/mol. The monoisotopic (exact) mass is 279 g/mol. The van der Waals surface area contributed by atoms with Crippen molar-refractivity contribution in [2.45, 2.75) is 0 Å². The van der Waals surface area contributed by atoms with Crippen molar-refractivity contribution in [3.63, 3.8) is 0 Å². The molecule has 0 aliphatic heterocycles. The van der Waals surface area contributed by atoms with E-state index in [1.54, 1.807) is 24.3 Å². The average Bonchev–Trinajstić information content (AvgIpc) is 2.41. The van der Waals surface area contributed by atoms with Crippen molar-refractivity contribution >= 4 is 23.3 Å². The van der Waals surface area contributed by atoms with Gasteiger partial charge in [-0.1, -0.05) is 23.7 Å². The zero-order valence-electron chi connectivity index (χ0n) is 10.1. The lowest BCUT2D eigenvalue weighted by atomic mass is 10.0. The van der Waals surface area contributed by atoms with E-state index in [1.807, 2.05) is 0 Å². The number of halogens is 2. The van der Waals surface area contributed by atoms with Crippen LogP contribution in [-0.4, -0.2) is 13.1 Å². The Labute approximate surface area is 114 Å². The second-order valence-electron chi connectivity index (χ2n) is 3.92. The number of nitrogens with two attached hydrogens (primary N) is 1. The highest BCUT2D eigenvalue weighted by atomic mass is 35.5. The number of anilines is 1. The lowest BCUT2D eigenvalue weighted by molar-refractivity contribution is 0.0602. The first kappa shape index (κ1) is 13.4. The summed E-state index contributed by atoms with van der Waals surface area (Å²) >= 11 is 5.73. The van der Waals surface area contributed by atoms with E-state index in [2.05, 4.69) is 4.74 Å². The van der Waals surface area contributed by atoms with Gasteiger partial charge in [-0.25, -0.2) is 9.18 Å². The summed E-state index contributed by atoms with van der Waals surface area (Å²) in [6, 6.07) is 9.26. The van der Waals surface area contributed by atoms with Crippen molar-refractivity contribution in [3.8, 4) is 11.1 Å². The number of carbonyl (C=O) groups is 1. The van der Waals surface area contributed by atoms with Crippen LogP contribution in [0.5, 0.6) is 0 Å². The molecule has 0 atom stereocenters. The Hall–Kier alpha value is -2.07. The Morgan fingerprint density at radius 3 is 2.42 bits per heavy atom. The Morgan fingerprint density at radius 2 is 1.84 bits per heavy atom. The first-order valence-electron chi connectivity index (χ1n) is 5.46. The number of ether oxygens (including phenoxy) is 1. The summed E-state index contributed by atoms with van der Waals surface area (Å²) in [5, 5.41) is 0.0353. The molecular weight excluding hydrogens is 269 g/mol. The zero-order chi connectivity index (χ0) is 14.0. The second kappa shape index (κ2) is 5.28. The Morgan fingerprint density at radius 1 is 1.21 bits per heavy atom. The van der Waals surface area contributed by atoms with Crippen LogP contribution in [0.25, 0.3) is 11.1 Å². The van der Waals surface area contributed by atoms with E-state index in [4.69, 9.17) is 17.3 Å². The molecule has 0 unspecified atom stereocenters. The van der Waals surface area contributed by atoms with Gasteiger partial charge in [-0.05, 0) is 35.4 Å². The van der Waals surface area contributed by atoms with Crippen LogP contribution < -0.4 is 5.73 Å². The van der Waals surface area contributed by atoms with Gasteiger partial charge in [0.05, 0.1) is 17.7 Å². The summed E-state index contributed by atoms with van der Waals surface area (Å²) in [7, 11) is 1.29. The Balaban J connectivity index is 2.44. The molecule has 0 fully saturated rings. The van der Waals surface area contributed by atoms with E-state index >= 15 is 0 Å². The van der Waals surface area contributed by atoms with Crippen LogP contribution in [0.15, 0.2) is 36.4 Å². The SMILES string of the molecule is COC(=O)c1ccc(-c2ccc(F)c(Cl)c2)cc1N. The molecule has 5 heteroatoms. The molecule has 19 heavy (non-hydrogen) atoms. The van der Waals surface area contributed by atoms with E-state index in [9.17, 15) is 9.18 Å². The van der Waals surface area contributed by atoms with Crippen LogP contribution in [0.3, 0.4) is 0 Å². The number of hydrogen-bond donors (Lipinski definition) is 1. The van der Waals surface area contributed by atoms with E-state index < -0.39 is 11.8 Å². The van der Waals surface area contributed by atoms with Gasteiger partial charge in [0.1, 0.15) is 5.82 Å². The van der Waals surface area contributed by atoms with Gasteiger partial charge < -0.3 is 10.5 Å². The molecule has 0 saturated heterocycles. The topological polar surface area (TPSA) is 52.3 Å². The molecule has 2 rings (SSSR count). The van der Waals surface area contributed by atoms with Crippen LogP contribution in [0.1, 0.15) is 10.4 Å². The maximum Gasteiger partial charge on any atom is 0.339 e. The third-order valence-corrected chi connectivity index (χ3v) is 3.00. The summed E-state index contributed by atoms with van der Waals surface area (Å²) in [5.74, 6) is -0.981. The molecule has 0 bridgehead atoms. The van der Waals surface area contributed by atoms with Gasteiger partial charge in [-0.3, -0.25) is 0 Å². The highest BCUT2D eigenvalue weighted by Crippen LogP contribution is 2.27. The van der Waals surface area contributed by atoms with Gasteiger partial charge >= 0.3 is 5.97 Å². The first-order valence-corrected chi connectivity index (χ1v) is 5.84. The minimum atomic E-state index is -0.499. The van der Waals surface area contributed by atoms with Gasteiger partial charge in [0.25, 0.3) is 0 Å². The van der Waals surface area contributed by atoms with Crippen molar-refractivity contribution in [3.05, 3.63) is 52.8 Å². The molecule has 0 aliphatic carbocycles. The number of benzene rings is 2. The molecule has 0 aromatic heterocycles. The molecule has 2 N–H and O–H groups in total. The zero-order valence-corrected chi connectivity index (χ0v) is 10.9. The number of carbonyl (C=O) groups excluding carboxylic acids is 1. The summed E-state index contributed by atoms with van der Waals surface area (Å²) in [4.78, 5) is 11.4. The van der Waals surface area contributed by atoms with E-state index in [-0.39, 0.29) is 5.02 Å². The minimum Gasteiger partial charge on any atom is -0.465 e. The Kier molecular flexibility index (Phi) is 3.71. The Bertz CT molecular complexity index is 643. The summed E-state index contributed by atoms with van der Waals surface area (Å²) < 4.78 is 17.7. The summed E-state index contributed by atoms with van der Waals surface area (Å²) in [5.41, 5.74) is 7.84. The minimum absolute atomic E-state index is 0.0353. The highest BCUT2D eigenvalue weighted by molar-refractivity contribution is 6.31. The lowest BCUT2D eigenvalue weighted by Gasteiger charge is -2.07. The van der Waals surface area contributed by atoms with Crippen molar-refractivity contribution in [2.75, 3.05) is 12.8 Å². The third kappa shape index (κ3) is 2.69. The van der Waals surface area contributed by atoms with Crippen molar-refractivity contribution < 1.29 is 13.9 Å². The van der Waals surface area contributed by atoms with Crippen LogP contribution >= 0.6 is 11.6 Å². The van der Waals surface area contributed by atoms with Gasteiger partial charge in [0.2, 0.25) is 0 Å². The van der Waals surface area contributed by atoms with Crippen molar-refractivity contribution in [1.82, 2.24) is 0 Å². The number of esters is 1. The molecule has 0 radical (unpaired) electrons. The summed E-state index contributed by atoms with van der Waals surface area (Å²) in [6.45, 7) is 0. The fraction of sp³-hybridized carbons (Fsp3) is 0.0714. The molecule has 3 nitrogen and oxygen atoms in total. The van der Waals surface area contributed by atoms with E-state index in [0.29, 0.717) is 11.3 Å². The smallest absolute Gasteiger partial charge is 0.339 e. The predicted octanol–water partition coefficient (Wildman–Crippen LogP) is 3.51. The number of rotatable bonds is 2. The maximum absolute atomic E-state index is 13.1.